The Kier molecular flexibility index (Phi) is 4.62. The lowest BCUT2D eigenvalue weighted by molar-refractivity contribution is 0.122. The van der Waals surface area contributed by atoms with Gasteiger partial charge in [-0.15, -0.1) is 0 Å². The molecule has 0 aliphatic carbocycles. The van der Waals surface area contributed by atoms with Gasteiger partial charge < -0.3 is 19.9 Å². The summed E-state index contributed by atoms with van der Waals surface area (Å²) in [5.74, 6) is 1.58. The molecule has 1 N–H and O–H groups in total. The maximum absolute atomic E-state index is 5.40. The van der Waals surface area contributed by atoms with Crippen LogP contribution in [-0.4, -0.2) is 50.4 Å². The smallest absolute Gasteiger partial charge is 0.229 e. The van der Waals surface area contributed by atoms with Crippen LogP contribution in [-0.2, 0) is 4.74 Å². The Morgan fingerprint density at radius 3 is 2.43 bits per heavy atom. The molecule has 0 amide bonds. The van der Waals surface area contributed by atoms with E-state index < -0.39 is 0 Å². The third-order valence-corrected chi connectivity index (χ3v) is 3.82. The molecule has 0 atom stereocenters. The van der Waals surface area contributed by atoms with Crippen molar-refractivity contribution in [1.82, 2.24) is 9.97 Å². The van der Waals surface area contributed by atoms with Gasteiger partial charge >= 0.3 is 0 Å². The fraction of sp³-hybridized carbons (Fsp3) is 0.412. The summed E-state index contributed by atoms with van der Waals surface area (Å²) in [6, 6.07) is 10.2. The second kappa shape index (κ2) is 6.83. The van der Waals surface area contributed by atoms with Crippen molar-refractivity contribution in [3.63, 3.8) is 0 Å². The Bertz CT molecular complexity index is 651. The first kappa shape index (κ1) is 15.6. The van der Waals surface area contributed by atoms with E-state index in [1.165, 1.54) is 0 Å². The minimum Gasteiger partial charge on any atom is -0.378 e. The summed E-state index contributed by atoms with van der Waals surface area (Å²) in [6.07, 6.45) is 0. The minimum atomic E-state index is 0.629. The van der Waals surface area contributed by atoms with Crippen LogP contribution in [0.3, 0.4) is 0 Å². The van der Waals surface area contributed by atoms with E-state index in [4.69, 9.17) is 4.74 Å². The van der Waals surface area contributed by atoms with Crippen molar-refractivity contribution in [1.29, 1.82) is 0 Å². The molecular weight excluding hydrogens is 290 g/mol. The number of nitrogens with one attached hydrogen (secondary N) is 1. The molecule has 1 saturated heterocycles. The van der Waals surface area contributed by atoms with Gasteiger partial charge in [-0.25, -0.2) is 4.98 Å². The molecule has 6 heteroatoms. The molecule has 1 aliphatic rings. The summed E-state index contributed by atoms with van der Waals surface area (Å²) >= 11 is 0. The lowest BCUT2D eigenvalue weighted by atomic mass is 10.2. The van der Waals surface area contributed by atoms with Gasteiger partial charge in [0.1, 0.15) is 5.82 Å². The number of nitrogens with zero attached hydrogens (tertiary/aromatic N) is 4. The van der Waals surface area contributed by atoms with E-state index in [0.29, 0.717) is 5.95 Å². The topological polar surface area (TPSA) is 53.5 Å². The predicted octanol–water partition coefficient (Wildman–Crippen LogP) is 2.43. The number of rotatable bonds is 4. The molecule has 0 saturated carbocycles. The number of aromatic nitrogens is 2. The summed E-state index contributed by atoms with van der Waals surface area (Å²) in [6.45, 7) is 5.22. The molecule has 0 radical (unpaired) electrons. The Morgan fingerprint density at radius 2 is 1.78 bits per heavy atom. The van der Waals surface area contributed by atoms with Crippen molar-refractivity contribution < 1.29 is 4.74 Å². The molecule has 1 aromatic carbocycles. The average molecular weight is 313 g/mol. The molecule has 2 heterocycles. The highest BCUT2D eigenvalue weighted by atomic mass is 16.5. The van der Waals surface area contributed by atoms with Crippen molar-refractivity contribution in [3.8, 4) is 0 Å². The third kappa shape index (κ3) is 3.90. The fourth-order valence-corrected chi connectivity index (χ4v) is 2.53. The largest absolute Gasteiger partial charge is 0.378 e. The summed E-state index contributed by atoms with van der Waals surface area (Å²) in [7, 11) is 4.06. The first-order valence-corrected chi connectivity index (χ1v) is 7.84. The normalized spacial score (nSPS) is 14.7. The first-order valence-electron chi connectivity index (χ1n) is 7.84. The van der Waals surface area contributed by atoms with Crippen molar-refractivity contribution in [3.05, 3.63) is 36.0 Å². The molecular formula is C17H23N5O. The van der Waals surface area contributed by atoms with Crippen LogP contribution in [0.2, 0.25) is 0 Å². The van der Waals surface area contributed by atoms with Gasteiger partial charge in [0.2, 0.25) is 5.95 Å². The zero-order chi connectivity index (χ0) is 16.2. The predicted molar refractivity (Wildman–Crippen MR) is 93.9 cm³/mol. The van der Waals surface area contributed by atoms with Crippen LogP contribution in [0.1, 0.15) is 5.69 Å². The number of morpholine rings is 1. The molecule has 1 aromatic heterocycles. The van der Waals surface area contributed by atoms with Gasteiger partial charge in [-0.2, -0.15) is 4.98 Å². The number of hydrogen-bond acceptors (Lipinski definition) is 6. The van der Waals surface area contributed by atoms with Gasteiger partial charge in [0.05, 0.1) is 13.2 Å². The van der Waals surface area contributed by atoms with Crippen LogP contribution in [0.25, 0.3) is 0 Å². The number of anilines is 4. The lowest BCUT2D eigenvalue weighted by Gasteiger charge is -2.28. The summed E-state index contributed by atoms with van der Waals surface area (Å²) in [5.41, 5.74) is 3.10. The number of hydrogen-bond donors (Lipinski definition) is 1. The Labute approximate surface area is 137 Å². The Morgan fingerprint density at radius 1 is 1.09 bits per heavy atom. The molecule has 2 aromatic rings. The summed E-state index contributed by atoms with van der Waals surface area (Å²) in [5, 5.41) is 3.29. The van der Waals surface area contributed by atoms with Crippen molar-refractivity contribution >= 4 is 23.1 Å². The standard InChI is InChI=1S/C17H23N5O/c1-13-12-16(22-8-10-23-11-9-22)20-17(18-13)19-14-4-6-15(7-5-14)21(2)3/h4-7,12H,8-11H2,1-3H3,(H,18,19,20). The van der Waals surface area contributed by atoms with Crippen LogP contribution < -0.4 is 15.1 Å². The molecule has 23 heavy (non-hydrogen) atoms. The van der Waals surface area contributed by atoms with E-state index in [1.54, 1.807) is 0 Å². The highest BCUT2D eigenvalue weighted by molar-refractivity contribution is 5.60. The quantitative estimate of drug-likeness (QED) is 0.935. The monoisotopic (exact) mass is 313 g/mol. The van der Waals surface area contributed by atoms with Gasteiger partial charge in [0.25, 0.3) is 0 Å². The molecule has 0 bridgehead atoms. The van der Waals surface area contributed by atoms with Gasteiger partial charge in [0.15, 0.2) is 0 Å². The molecule has 0 unspecified atom stereocenters. The SMILES string of the molecule is Cc1cc(N2CCOCC2)nc(Nc2ccc(N(C)C)cc2)n1. The Balaban J connectivity index is 1.78. The van der Waals surface area contributed by atoms with Gasteiger partial charge in [0, 0.05) is 50.3 Å². The molecule has 3 rings (SSSR count). The Hall–Kier alpha value is -2.34. The lowest BCUT2D eigenvalue weighted by Crippen LogP contribution is -2.36. The molecule has 6 nitrogen and oxygen atoms in total. The van der Waals surface area contributed by atoms with Crippen LogP contribution >= 0.6 is 0 Å². The molecule has 0 spiro atoms. The zero-order valence-corrected chi connectivity index (χ0v) is 13.9. The van der Waals surface area contributed by atoms with Crippen LogP contribution in [0.15, 0.2) is 30.3 Å². The van der Waals surface area contributed by atoms with E-state index >= 15 is 0 Å². The second-order valence-corrected chi connectivity index (χ2v) is 5.86. The van der Waals surface area contributed by atoms with Crippen molar-refractivity contribution in [2.75, 3.05) is 55.5 Å². The van der Waals surface area contributed by atoms with Crippen molar-refractivity contribution in [2.45, 2.75) is 6.92 Å². The third-order valence-electron chi connectivity index (χ3n) is 3.82. The highest BCUT2D eigenvalue weighted by Crippen LogP contribution is 2.21. The van der Waals surface area contributed by atoms with Gasteiger partial charge in [-0.05, 0) is 31.2 Å². The van der Waals surface area contributed by atoms with E-state index in [9.17, 15) is 0 Å². The van der Waals surface area contributed by atoms with Gasteiger partial charge in [-0.1, -0.05) is 0 Å². The molecule has 1 fully saturated rings. The van der Waals surface area contributed by atoms with Crippen LogP contribution in [0, 0.1) is 6.92 Å². The molecule has 122 valence electrons. The zero-order valence-electron chi connectivity index (χ0n) is 13.9. The van der Waals surface area contributed by atoms with E-state index in [-0.39, 0.29) is 0 Å². The van der Waals surface area contributed by atoms with Crippen LogP contribution in [0.5, 0.6) is 0 Å². The van der Waals surface area contributed by atoms with Crippen LogP contribution in [0.4, 0.5) is 23.1 Å². The average Bonchev–Trinajstić information content (AvgIpc) is 2.55. The second-order valence-electron chi connectivity index (χ2n) is 5.86. The van der Waals surface area contributed by atoms with E-state index in [1.807, 2.05) is 39.2 Å². The highest BCUT2D eigenvalue weighted by Gasteiger charge is 2.14. The maximum Gasteiger partial charge on any atom is 0.229 e. The summed E-state index contributed by atoms with van der Waals surface area (Å²) in [4.78, 5) is 13.4. The number of ether oxygens (including phenoxy) is 1. The summed E-state index contributed by atoms with van der Waals surface area (Å²) < 4.78 is 5.40. The van der Waals surface area contributed by atoms with Crippen molar-refractivity contribution in [2.24, 2.45) is 0 Å². The molecule has 1 aliphatic heterocycles. The fourth-order valence-electron chi connectivity index (χ4n) is 2.53. The number of benzene rings is 1. The first-order chi connectivity index (χ1) is 11.1. The number of aryl methyl sites for hydroxylation is 1. The van der Waals surface area contributed by atoms with E-state index in [0.717, 1.165) is 49.2 Å². The maximum atomic E-state index is 5.40. The minimum absolute atomic E-state index is 0.629. The van der Waals surface area contributed by atoms with E-state index in [2.05, 4.69) is 37.2 Å². The van der Waals surface area contributed by atoms with Gasteiger partial charge in [-0.3, -0.25) is 0 Å².